The number of benzene rings is 2. The molecule has 3 aromatic heterocycles. The maximum Gasteiger partial charge on any atom is 0.352 e. The molecule has 0 saturated carbocycles. The van der Waals surface area contributed by atoms with Crippen molar-refractivity contribution in [2.75, 3.05) is 0 Å². The van der Waals surface area contributed by atoms with Gasteiger partial charge in [-0.25, -0.2) is 13.9 Å². The van der Waals surface area contributed by atoms with Crippen LogP contribution in [0.15, 0.2) is 75.6 Å². The van der Waals surface area contributed by atoms with E-state index in [-0.39, 0.29) is 30.2 Å². The zero-order valence-electron chi connectivity index (χ0n) is 18.3. The van der Waals surface area contributed by atoms with Crippen LogP contribution in [0.5, 0.6) is 0 Å². The first kappa shape index (κ1) is 21.1. The fourth-order valence-electron chi connectivity index (χ4n) is 3.92. The number of ketones is 1. The van der Waals surface area contributed by atoms with Gasteiger partial charge in [-0.3, -0.25) is 14.2 Å². The van der Waals surface area contributed by atoms with Crippen LogP contribution in [0.4, 0.5) is 0 Å². The highest BCUT2D eigenvalue weighted by Gasteiger charge is 2.20. The summed E-state index contributed by atoms with van der Waals surface area (Å²) < 4.78 is 4.55. The molecule has 33 heavy (non-hydrogen) atoms. The molecule has 0 atom stereocenters. The first-order valence-corrected chi connectivity index (χ1v) is 11.6. The van der Waals surface area contributed by atoms with Gasteiger partial charge in [0.25, 0.3) is 5.56 Å². The van der Waals surface area contributed by atoms with E-state index >= 15 is 0 Å². The summed E-state index contributed by atoms with van der Waals surface area (Å²) in [5.41, 5.74) is 2.51. The van der Waals surface area contributed by atoms with E-state index in [2.05, 4.69) is 31.1 Å². The van der Waals surface area contributed by atoms with E-state index in [4.69, 9.17) is 0 Å². The molecule has 0 amide bonds. The molecule has 0 N–H and O–H groups in total. The van der Waals surface area contributed by atoms with Crippen LogP contribution < -0.4 is 11.2 Å². The van der Waals surface area contributed by atoms with Gasteiger partial charge in [0.1, 0.15) is 11.2 Å². The molecule has 0 fully saturated rings. The monoisotopic (exact) mass is 458 g/mol. The number of thiophene rings is 1. The van der Waals surface area contributed by atoms with Crippen LogP contribution in [0.3, 0.4) is 0 Å². The topological polar surface area (TPSA) is 78.4 Å². The van der Waals surface area contributed by atoms with Crippen molar-refractivity contribution in [1.82, 2.24) is 18.7 Å². The first-order valence-electron chi connectivity index (χ1n) is 10.7. The average Bonchev–Trinajstić information content (AvgIpc) is 3.42. The van der Waals surface area contributed by atoms with Crippen molar-refractivity contribution in [3.63, 3.8) is 0 Å². The van der Waals surface area contributed by atoms with Gasteiger partial charge < -0.3 is 0 Å². The molecule has 0 unspecified atom stereocenters. The Kier molecular flexibility index (Phi) is 5.30. The number of nitrogens with zero attached hydrogens (tertiary/aromatic N) is 4. The molecule has 7 nitrogen and oxygen atoms in total. The van der Waals surface area contributed by atoms with E-state index in [1.165, 1.54) is 25.9 Å². The molecule has 0 radical (unpaired) electrons. The van der Waals surface area contributed by atoms with Gasteiger partial charge in [-0.15, -0.1) is 16.4 Å². The second-order valence-electron chi connectivity index (χ2n) is 8.29. The van der Waals surface area contributed by atoms with Crippen molar-refractivity contribution in [2.45, 2.75) is 32.9 Å². The number of rotatable bonds is 6. The normalized spacial score (nSPS) is 11.6. The van der Waals surface area contributed by atoms with Crippen LogP contribution in [0.25, 0.3) is 16.0 Å². The second-order valence-corrected chi connectivity index (χ2v) is 9.20. The van der Waals surface area contributed by atoms with Crippen molar-refractivity contribution >= 4 is 33.1 Å². The number of carbonyl (C=O) groups is 1. The third-order valence-electron chi connectivity index (χ3n) is 5.76. The third-order valence-corrected chi connectivity index (χ3v) is 6.66. The average molecular weight is 459 g/mol. The van der Waals surface area contributed by atoms with Crippen LogP contribution in [0.1, 0.15) is 41.3 Å². The highest BCUT2D eigenvalue weighted by molar-refractivity contribution is 7.17. The Morgan fingerprint density at radius 2 is 1.73 bits per heavy atom. The summed E-state index contributed by atoms with van der Waals surface area (Å²) in [6.45, 7) is 4.33. The summed E-state index contributed by atoms with van der Waals surface area (Å²) in [5, 5.41) is 6.21. The Labute approximate surface area is 193 Å². The van der Waals surface area contributed by atoms with Crippen LogP contribution in [0, 0.1) is 0 Å². The number of Topliss-reactive ketones (excluding diaryl/α,β-unsaturated/α-hetero) is 1. The third kappa shape index (κ3) is 3.72. The molecular formula is C25H22N4O3S. The molecule has 5 rings (SSSR count). The van der Waals surface area contributed by atoms with Gasteiger partial charge in [0, 0.05) is 5.56 Å². The Hall–Kier alpha value is -3.78. The van der Waals surface area contributed by atoms with Crippen LogP contribution in [-0.4, -0.2) is 24.5 Å². The van der Waals surface area contributed by atoms with E-state index in [0.29, 0.717) is 21.7 Å². The summed E-state index contributed by atoms with van der Waals surface area (Å²) in [5.74, 6) is 0.415. The van der Waals surface area contributed by atoms with Crippen molar-refractivity contribution in [3.05, 3.63) is 104 Å². The molecule has 0 bridgehead atoms. The summed E-state index contributed by atoms with van der Waals surface area (Å²) in [4.78, 5) is 39.2. The Balaban J connectivity index is 1.63. The quantitative estimate of drug-likeness (QED) is 0.361. The van der Waals surface area contributed by atoms with E-state index in [1.807, 2.05) is 18.2 Å². The second kappa shape index (κ2) is 8.29. The Morgan fingerprint density at radius 1 is 1.00 bits per heavy atom. The first-order chi connectivity index (χ1) is 15.9. The molecule has 0 saturated heterocycles. The number of hydrogen-bond donors (Lipinski definition) is 0. The molecule has 0 aliphatic heterocycles. The van der Waals surface area contributed by atoms with Crippen LogP contribution in [0.2, 0.25) is 0 Å². The largest absolute Gasteiger partial charge is 0.352 e. The predicted molar refractivity (Wildman–Crippen MR) is 130 cm³/mol. The fourth-order valence-corrected chi connectivity index (χ4v) is 4.75. The lowest BCUT2D eigenvalue weighted by Crippen LogP contribution is -2.27. The Morgan fingerprint density at radius 3 is 2.42 bits per heavy atom. The highest BCUT2D eigenvalue weighted by atomic mass is 32.1. The predicted octanol–water partition coefficient (Wildman–Crippen LogP) is 3.93. The number of aromatic nitrogens is 4. The minimum atomic E-state index is -0.443. The summed E-state index contributed by atoms with van der Waals surface area (Å²) in [6, 6.07) is 18.6. The van der Waals surface area contributed by atoms with Gasteiger partial charge in [0.2, 0.25) is 5.78 Å². The summed E-state index contributed by atoms with van der Waals surface area (Å²) in [6.07, 6.45) is 0. The number of hydrogen-bond acceptors (Lipinski definition) is 5. The molecule has 3 heterocycles. The van der Waals surface area contributed by atoms with Crippen molar-refractivity contribution in [1.29, 1.82) is 0 Å². The zero-order chi connectivity index (χ0) is 23.1. The SMILES string of the molecule is CC(C)c1ccc(Cn2c(=O)c3sccc3n3c(=O)n(CC(=O)c4ccccc4)nc23)cc1. The van der Waals surface area contributed by atoms with Gasteiger partial charge in [-0.1, -0.05) is 68.4 Å². The van der Waals surface area contributed by atoms with Crippen molar-refractivity contribution in [2.24, 2.45) is 0 Å². The van der Waals surface area contributed by atoms with Crippen molar-refractivity contribution in [3.8, 4) is 0 Å². The minimum Gasteiger partial charge on any atom is -0.292 e. The van der Waals surface area contributed by atoms with E-state index < -0.39 is 5.69 Å². The molecule has 2 aromatic carbocycles. The molecule has 0 aliphatic rings. The minimum absolute atomic E-state index is 0.201. The lowest BCUT2D eigenvalue weighted by Gasteiger charge is -2.10. The summed E-state index contributed by atoms with van der Waals surface area (Å²) in [7, 11) is 0. The molecule has 0 spiro atoms. The maximum atomic E-state index is 13.3. The lowest BCUT2D eigenvalue weighted by atomic mass is 10.0. The summed E-state index contributed by atoms with van der Waals surface area (Å²) >= 11 is 1.29. The Bertz CT molecular complexity index is 1590. The van der Waals surface area contributed by atoms with Crippen molar-refractivity contribution < 1.29 is 4.79 Å². The van der Waals surface area contributed by atoms with Crippen LogP contribution >= 0.6 is 11.3 Å². The molecule has 5 aromatic rings. The molecule has 8 heteroatoms. The van der Waals surface area contributed by atoms with Gasteiger partial charge >= 0.3 is 5.69 Å². The van der Waals surface area contributed by atoms with Gasteiger partial charge in [0.05, 0.1) is 12.1 Å². The smallest absolute Gasteiger partial charge is 0.292 e. The molecule has 166 valence electrons. The maximum absolute atomic E-state index is 13.3. The van der Waals surface area contributed by atoms with E-state index in [1.54, 1.807) is 35.7 Å². The lowest BCUT2D eigenvalue weighted by molar-refractivity contribution is 0.0966. The van der Waals surface area contributed by atoms with Crippen LogP contribution in [-0.2, 0) is 13.1 Å². The zero-order valence-corrected chi connectivity index (χ0v) is 19.1. The number of carbonyl (C=O) groups excluding carboxylic acids is 1. The standard InChI is InChI=1S/C25H22N4O3S/c1-16(2)18-10-8-17(9-11-18)14-27-23(31)22-20(12-13-33-22)29-24(27)26-28(25(29)32)15-21(30)19-6-4-3-5-7-19/h3-13,16H,14-15H2,1-2H3. The van der Waals surface area contributed by atoms with E-state index in [9.17, 15) is 14.4 Å². The molecule has 0 aliphatic carbocycles. The number of fused-ring (bicyclic) bond motifs is 3. The van der Waals surface area contributed by atoms with E-state index in [0.717, 1.165) is 10.2 Å². The highest BCUT2D eigenvalue weighted by Crippen LogP contribution is 2.19. The van der Waals surface area contributed by atoms with Gasteiger partial charge in [-0.2, -0.15) is 0 Å². The van der Waals surface area contributed by atoms with Gasteiger partial charge in [-0.05, 0) is 28.5 Å². The fraction of sp³-hybridized carbons (Fsp3) is 0.200. The van der Waals surface area contributed by atoms with Gasteiger partial charge in [0.15, 0.2) is 5.78 Å². The molecular weight excluding hydrogens is 436 g/mol.